The third kappa shape index (κ3) is 3.77. The van der Waals surface area contributed by atoms with Gasteiger partial charge in [0.15, 0.2) is 0 Å². The number of rotatable bonds is 6. The lowest BCUT2D eigenvalue weighted by molar-refractivity contribution is -0.509. The maximum Gasteiger partial charge on any atom is 0.387 e. The van der Waals surface area contributed by atoms with Crippen molar-refractivity contribution in [1.29, 1.82) is 0 Å². The molecule has 0 aliphatic rings. The van der Waals surface area contributed by atoms with Crippen molar-refractivity contribution >= 4 is 15.8 Å². The van der Waals surface area contributed by atoms with E-state index in [1.807, 2.05) is 0 Å². The van der Waals surface area contributed by atoms with E-state index in [4.69, 9.17) is 4.74 Å². The Balaban J connectivity index is 2.30. The van der Waals surface area contributed by atoms with Gasteiger partial charge in [0.2, 0.25) is 9.84 Å². The molecule has 0 N–H and O–H groups in total. The minimum atomic E-state index is -3.76. The van der Waals surface area contributed by atoms with Crippen molar-refractivity contribution in [3.8, 4) is 5.75 Å². The van der Waals surface area contributed by atoms with Gasteiger partial charge in [0.1, 0.15) is 5.75 Å². The van der Waals surface area contributed by atoms with Crippen molar-refractivity contribution in [1.82, 2.24) is 0 Å². The highest BCUT2D eigenvalue weighted by Crippen LogP contribution is 2.24. The molecule has 0 fully saturated rings. The molecule has 126 valence electrons. The number of benzene rings is 2. The molecule has 0 spiro atoms. The lowest BCUT2D eigenvalue weighted by atomic mass is 10.2. The van der Waals surface area contributed by atoms with E-state index in [2.05, 4.69) is 0 Å². The number of carbonyl (C=O) groups excluding carboxylic acids is 1. The standard InChI is InChI=1S/C16H15NO6S/c1-2-15(17(19)20)16(18)23-12-7-6-10-14(11-12)24(21,22)13-8-4-3-5-9-13/h3-11,15H,2H2,1H3. The Bertz CT molecular complexity index is 848. The summed E-state index contributed by atoms with van der Waals surface area (Å²) < 4.78 is 30.0. The van der Waals surface area contributed by atoms with E-state index in [0.29, 0.717) is 0 Å². The van der Waals surface area contributed by atoms with E-state index < -0.39 is 26.8 Å². The minimum absolute atomic E-state index is 0.0200. The third-order valence-electron chi connectivity index (χ3n) is 3.30. The summed E-state index contributed by atoms with van der Waals surface area (Å²) in [6, 6.07) is 11.6. The molecule has 2 aromatic rings. The third-order valence-corrected chi connectivity index (χ3v) is 5.07. The summed E-state index contributed by atoms with van der Waals surface area (Å²) in [5.41, 5.74) is 0. The van der Waals surface area contributed by atoms with E-state index in [9.17, 15) is 23.3 Å². The fraction of sp³-hybridized carbons (Fsp3) is 0.188. The predicted molar refractivity (Wildman–Crippen MR) is 85.0 cm³/mol. The number of hydrogen-bond donors (Lipinski definition) is 0. The number of hydrogen-bond acceptors (Lipinski definition) is 6. The van der Waals surface area contributed by atoms with Gasteiger partial charge in [-0.1, -0.05) is 31.2 Å². The van der Waals surface area contributed by atoms with Crippen molar-refractivity contribution in [2.24, 2.45) is 0 Å². The summed E-state index contributed by atoms with van der Waals surface area (Å²) in [6.07, 6.45) is -0.0200. The van der Waals surface area contributed by atoms with Crippen LogP contribution in [0.25, 0.3) is 0 Å². The van der Waals surface area contributed by atoms with E-state index >= 15 is 0 Å². The molecule has 24 heavy (non-hydrogen) atoms. The summed E-state index contributed by atoms with van der Waals surface area (Å²) in [5, 5.41) is 10.8. The zero-order valence-electron chi connectivity index (χ0n) is 12.8. The molecular formula is C16H15NO6S. The first-order valence-electron chi connectivity index (χ1n) is 7.11. The number of nitro groups is 1. The molecule has 0 radical (unpaired) electrons. The van der Waals surface area contributed by atoms with Crippen LogP contribution in [0.4, 0.5) is 0 Å². The Morgan fingerprint density at radius 3 is 2.33 bits per heavy atom. The molecule has 0 aliphatic heterocycles. The van der Waals surface area contributed by atoms with Gasteiger partial charge in [-0.15, -0.1) is 0 Å². The Labute approximate surface area is 139 Å². The monoisotopic (exact) mass is 349 g/mol. The van der Waals surface area contributed by atoms with Crippen molar-refractivity contribution in [3.63, 3.8) is 0 Å². The molecule has 2 aromatic carbocycles. The van der Waals surface area contributed by atoms with Gasteiger partial charge in [0, 0.05) is 11.3 Å². The van der Waals surface area contributed by atoms with E-state index in [1.165, 1.54) is 43.3 Å². The Kier molecular flexibility index (Phi) is 5.30. The van der Waals surface area contributed by atoms with Crippen molar-refractivity contribution < 1.29 is 22.9 Å². The van der Waals surface area contributed by atoms with Crippen LogP contribution in [0.2, 0.25) is 0 Å². The fourth-order valence-corrected chi connectivity index (χ4v) is 3.34. The highest BCUT2D eigenvalue weighted by atomic mass is 32.2. The van der Waals surface area contributed by atoms with Crippen LogP contribution < -0.4 is 4.74 Å². The number of sulfone groups is 1. The number of nitrogens with zero attached hydrogens (tertiary/aromatic N) is 1. The highest BCUT2D eigenvalue weighted by Gasteiger charge is 2.30. The second kappa shape index (κ2) is 7.22. The van der Waals surface area contributed by atoms with Gasteiger partial charge < -0.3 is 4.74 Å². The predicted octanol–water partition coefficient (Wildman–Crippen LogP) is 2.48. The van der Waals surface area contributed by atoms with Crippen LogP contribution in [0.5, 0.6) is 5.75 Å². The fourth-order valence-electron chi connectivity index (χ4n) is 2.03. The van der Waals surface area contributed by atoms with Crippen LogP contribution >= 0.6 is 0 Å². The van der Waals surface area contributed by atoms with Gasteiger partial charge in [0.05, 0.1) is 9.79 Å². The average molecular weight is 349 g/mol. The van der Waals surface area contributed by atoms with Gasteiger partial charge >= 0.3 is 12.0 Å². The second-order valence-electron chi connectivity index (χ2n) is 4.92. The molecule has 0 heterocycles. The van der Waals surface area contributed by atoms with Gasteiger partial charge in [-0.3, -0.25) is 10.1 Å². The topological polar surface area (TPSA) is 104 Å². The molecule has 0 aromatic heterocycles. The zero-order chi connectivity index (χ0) is 17.7. The minimum Gasteiger partial charge on any atom is -0.421 e. The normalized spacial score (nSPS) is 12.4. The maximum absolute atomic E-state index is 12.5. The summed E-state index contributed by atoms with van der Waals surface area (Å²) in [6.45, 7) is 1.49. The number of esters is 1. The van der Waals surface area contributed by atoms with Crippen LogP contribution in [0.15, 0.2) is 64.4 Å². The van der Waals surface area contributed by atoms with Crippen LogP contribution in [-0.4, -0.2) is 25.4 Å². The molecule has 0 amide bonds. The smallest absolute Gasteiger partial charge is 0.387 e. The number of ether oxygens (including phenoxy) is 1. The maximum atomic E-state index is 12.5. The Morgan fingerprint density at radius 1 is 1.12 bits per heavy atom. The van der Waals surface area contributed by atoms with E-state index in [-0.39, 0.29) is 22.0 Å². The summed E-state index contributed by atoms with van der Waals surface area (Å²) in [7, 11) is -3.76. The zero-order valence-corrected chi connectivity index (χ0v) is 13.6. The lowest BCUT2D eigenvalue weighted by Crippen LogP contribution is -2.32. The molecule has 7 nitrogen and oxygen atoms in total. The lowest BCUT2D eigenvalue weighted by Gasteiger charge is -2.09. The second-order valence-corrected chi connectivity index (χ2v) is 6.87. The molecule has 0 bridgehead atoms. The number of carbonyl (C=O) groups is 1. The van der Waals surface area contributed by atoms with Crippen LogP contribution in [0.1, 0.15) is 13.3 Å². The summed E-state index contributed by atoms with van der Waals surface area (Å²) >= 11 is 0. The first kappa shape index (κ1) is 17.6. The Hall–Kier alpha value is -2.74. The first-order chi connectivity index (χ1) is 11.4. The largest absolute Gasteiger partial charge is 0.421 e. The Morgan fingerprint density at radius 2 is 1.75 bits per heavy atom. The quantitative estimate of drug-likeness (QED) is 0.343. The van der Waals surface area contributed by atoms with Gasteiger partial charge in [0.25, 0.3) is 0 Å². The van der Waals surface area contributed by atoms with Crippen molar-refractivity contribution in [3.05, 3.63) is 64.7 Å². The molecule has 1 unspecified atom stereocenters. The highest BCUT2D eigenvalue weighted by molar-refractivity contribution is 7.91. The van der Waals surface area contributed by atoms with Crippen molar-refractivity contribution in [2.45, 2.75) is 29.2 Å². The van der Waals surface area contributed by atoms with Crippen molar-refractivity contribution in [2.75, 3.05) is 0 Å². The molecule has 0 aliphatic carbocycles. The van der Waals surface area contributed by atoms with E-state index in [1.54, 1.807) is 18.2 Å². The first-order valence-corrected chi connectivity index (χ1v) is 8.60. The van der Waals surface area contributed by atoms with E-state index in [0.717, 1.165) is 0 Å². The molecule has 0 saturated heterocycles. The van der Waals surface area contributed by atoms with Crippen LogP contribution in [0.3, 0.4) is 0 Å². The van der Waals surface area contributed by atoms with Gasteiger partial charge in [-0.2, -0.15) is 0 Å². The average Bonchev–Trinajstić information content (AvgIpc) is 2.56. The van der Waals surface area contributed by atoms with Gasteiger partial charge in [-0.25, -0.2) is 13.2 Å². The molecule has 1 atom stereocenters. The SMILES string of the molecule is CCC(C(=O)Oc1cccc(S(=O)(=O)c2ccccc2)c1)[N+](=O)[O-]. The molecular weight excluding hydrogens is 334 g/mol. The molecule has 8 heteroatoms. The van der Waals surface area contributed by atoms with Crippen LogP contribution in [0, 0.1) is 10.1 Å². The molecule has 0 saturated carbocycles. The van der Waals surface area contributed by atoms with Crippen LogP contribution in [-0.2, 0) is 14.6 Å². The summed E-state index contributed by atoms with van der Waals surface area (Å²) in [5.74, 6) is -1.09. The van der Waals surface area contributed by atoms with Gasteiger partial charge in [-0.05, 0) is 30.3 Å². The summed E-state index contributed by atoms with van der Waals surface area (Å²) in [4.78, 5) is 21.9. The molecule has 2 rings (SSSR count).